The molecule has 0 unspecified atom stereocenters. The monoisotopic (exact) mass is 203 g/mol. The standard InChI is InChI=1S/C10H9N3O2/c1-2-5-12-9-3-4-10(13(14)15)8(6-9)7-11/h2-4,6,12H,1,5H2. The molecule has 0 atom stereocenters. The van der Waals surface area contributed by atoms with Crippen molar-refractivity contribution in [1.29, 1.82) is 5.26 Å². The fourth-order valence-electron chi connectivity index (χ4n) is 1.08. The molecule has 0 aliphatic carbocycles. The number of nitro benzene ring substituents is 1. The second-order valence-corrected chi connectivity index (χ2v) is 2.77. The maximum absolute atomic E-state index is 10.5. The molecule has 0 saturated heterocycles. The van der Waals surface area contributed by atoms with Crippen LogP contribution in [0.15, 0.2) is 30.9 Å². The van der Waals surface area contributed by atoms with Crippen LogP contribution in [0.5, 0.6) is 0 Å². The maximum atomic E-state index is 10.5. The van der Waals surface area contributed by atoms with E-state index < -0.39 is 4.92 Å². The molecular weight excluding hydrogens is 194 g/mol. The Labute approximate surface area is 86.8 Å². The van der Waals surface area contributed by atoms with E-state index in [1.54, 1.807) is 18.2 Å². The number of hydrogen-bond donors (Lipinski definition) is 1. The maximum Gasteiger partial charge on any atom is 0.287 e. The lowest BCUT2D eigenvalue weighted by Crippen LogP contribution is -1.99. The Bertz CT molecular complexity index is 435. The first kappa shape index (κ1) is 10.7. The van der Waals surface area contributed by atoms with Crippen molar-refractivity contribution in [3.63, 3.8) is 0 Å². The molecule has 1 rings (SSSR count). The molecule has 1 N–H and O–H groups in total. The normalized spacial score (nSPS) is 9.00. The summed E-state index contributed by atoms with van der Waals surface area (Å²) in [5, 5.41) is 22.2. The van der Waals surface area contributed by atoms with Crippen LogP contribution in [-0.4, -0.2) is 11.5 Å². The quantitative estimate of drug-likeness (QED) is 0.461. The third-order valence-electron chi connectivity index (χ3n) is 1.76. The Kier molecular flexibility index (Phi) is 3.41. The van der Waals surface area contributed by atoms with Gasteiger partial charge in [0.1, 0.15) is 11.6 Å². The van der Waals surface area contributed by atoms with Crippen molar-refractivity contribution in [2.75, 3.05) is 11.9 Å². The molecule has 0 spiro atoms. The van der Waals surface area contributed by atoms with Gasteiger partial charge in [0.25, 0.3) is 5.69 Å². The minimum absolute atomic E-state index is 0.0501. The second kappa shape index (κ2) is 4.77. The van der Waals surface area contributed by atoms with Gasteiger partial charge in [-0.1, -0.05) is 6.08 Å². The number of nitriles is 1. The van der Waals surface area contributed by atoms with Gasteiger partial charge in [-0.2, -0.15) is 5.26 Å². The zero-order chi connectivity index (χ0) is 11.3. The van der Waals surface area contributed by atoms with Crippen molar-refractivity contribution >= 4 is 11.4 Å². The van der Waals surface area contributed by atoms with Crippen molar-refractivity contribution in [3.05, 3.63) is 46.5 Å². The number of rotatable bonds is 4. The summed E-state index contributed by atoms with van der Waals surface area (Å²) in [4.78, 5) is 9.95. The number of nitro groups is 1. The first-order chi connectivity index (χ1) is 7.19. The van der Waals surface area contributed by atoms with Gasteiger partial charge in [0.15, 0.2) is 0 Å². The fourth-order valence-corrected chi connectivity index (χ4v) is 1.08. The summed E-state index contributed by atoms with van der Waals surface area (Å²) in [5.41, 5.74) is 0.535. The number of nitrogens with zero attached hydrogens (tertiary/aromatic N) is 2. The Morgan fingerprint density at radius 1 is 1.67 bits per heavy atom. The van der Waals surface area contributed by atoms with Gasteiger partial charge in [0.05, 0.1) is 4.92 Å². The molecular formula is C10H9N3O2. The van der Waals surface area contributed by atoms with Gasteiger partial charge in [0.2, 0.25) is 0 Å². The van der Waals surface area contributed by atoms with Crippen LogP contribution >= 0.6 is 0 Å². The molecule has 0 fully saturated rings. The van der Waals surface area contributed by atoms with Crippen LogP contribution in [0.2, 0.25) is 0 Å². The van der Waals surface area contributed by atoms with Gasteiger partial charge >= 0.3 is 0 Å². The smallest absolute Gasteiger partial charge is 0.287 e. The van der Waals surface area contributed by atoms with Crippen LogP contribution in [0.4, 0.5) is 11.4 Å². The first-order valence-electron chi connectivity index (χ1n) is 4.22. The second-order valence-electron chi connectivity index (χ2n) is 2.77. The van der Waals surface area contributed by atoms with Crippen LogP contribution in [-0.2, 0) is 0 Å². The Balaban J connectivity index is 3.03. The molecule has 0 aliphatic rings. The summed E-state index contributed by atoms with van der Waals surface area (Å²) in [6.45, 7) is 4.07. The zero-order valence-electron chi connectivity index (χ0n) is 7.93. The van der Waals surface area contributed by atoms with Gasteiger partial charge in [0, 0.05) is 18.3 Å². The average molecular weight is 203 g/mol. The van der Waals surface area contributed by atoms with Crippen molar-refractivity contribution in [2.24, 2.45) is 0 Å². The van der Waals surface area contributed by atoms with Gasteiger partial charge in [-0.05, 0) is 12.1 Å². The van der Waals surface area contributed by atoms with Crippen molar-refractivity contribution in [2.45, 2.75) is 0 Å². The minimum atomic E-state index is -0.574. The molecule has 5 heteroatoms. The number of nitrogens with one attached hydrogen (secondary N) is 1. The zero-order valence-corrected chi connectivity index (χ0v) is 7.93. The summed E-state index contributed by atoms with van der Waals surface area (Å²) in [6, 6.07) is 6.10. The highest BCUT2D eigenvalue weighted by atomic mass is 16.6. The molecule has 0 bridgehead atoms. The summed E-state index contributed by atoms with van der Waals surface area (Å²) < 4.78 is 0. The Hall–Kier alpha value is -2.35. The summed E-state index contributed by atoms with van der Waals surface area (Å²) in [5.74, 6) is 0. The third-order valence-corrected chi connectivity index (χ3v) is 1.76. The van der Waals surface area contributed by atoms with E-state index in [2.05, 4.69) is 11.9 Å². The molecule has 0 aliphatic heterocycles. The molecule has 15 heavy (non-hydrogen) atoms. The van der Waals surface area contributed by atoms with Crippen molar-refractivity contribution in [3.8, 4) is 6.07 Å². The SMILES string of the molecule is C=CCNc1ccc([N+](=O)[O-])c(C#N)c1. The molecule has 0 saturated carbocycles. The van der Waals surface area contributed by atoms with E-state index in [4.69, 9.17) is 5.26 Å². The molecule has 76 valence electrons. The Morgan fingerprint density at radius 3 is 2.93 bits per heavy atom. The van der Waals surface area contributed by atoms with Crippen LogP contribution < -0.4 is 5.32 Å². The van der Waals surface area contributed by atoms with E-state index in [0.717, 1.165) is 0 Å². The lowest BCUT2D eigenvalue weighted by atomic mass is 10.2. The summed E-state index contributed by atoms with van der Waals surface area (Å²) in [7, 11) is 0. The van der Waals surface area contributed by atoms with Crippen LogP contribution in [0.1, 0.15) is 5.56 Å². The highest BCUT2D eigenvalue weighted by Crippen LogP contribution is 2.21. The lowest BCUT2D eigenvalue weighted by molar-refractivity contribution is -0.385. The molecule has 0 amide bonds. The number of hydrogen-bond acceptors (Lipinski definition) is 4. The van der Waals surface area contributed by atoms with Crippen LogP contribution in [0.25, 0.3) is 0 Å². The largest absolute Gasteiger partial charge is 0.382 e. The molecule has 1 aromatic rings. The Morgan fingerprint density at radius 2 is 2.40 bits per heavy atom. The molecule has 0 radical (unpaired) electrons. The predicted molar refractivity (Wildman–Crippen MR) is 56.5 cm³/mol. The minimum Gasteiger partial charge on any atom is -0.382 e. The predicted octanol–water partition coefficient (Wildman–Crippen LogP) is 2.06. The van der Waals surface area contributed by atoms with E-state index in [0.29, 0.717) is 12.2 Å². The first-order valence-corrected chi connectivity index (χ1v) is 4.22. The van der Waals surface area contributed by atoms with E-state index in [9.17, 15) is 10.1 Å². The van der Waals surface area contributed by atoms with E-state index in [-0.39, 0.29) is 11.3 Å². The van der Waals surface area contributed by atoms with E-state index in [1.807, 2.05) is 0 Å². The summed E-state index contributed by atoms with van der Waals surface area (Å²) >= 11 is 0. The molecule has 1 aromatic carbocycles. The fraction of sp³-hybridized carbons (Fsp3) is 0.100. The molecule has 0 aromatic heterocycles. The molecule has 5 nitrogen and oxygen atoms in total. The number of benzene rings is 1. The lowest BCUT2D eigenvalue weighted by Gasteiger charge is -2.03. The topological polar surface area (TPSA) is 79.0 Å². The van der Waals surface area contributed by atoms with Crippen LogP contribution in [0, 0.1) is 21.4 Å². The van der Waals surface area contributed by atoms with Gasteiger partial charge in [-0.3, -0.25) is 10.1 Å². The average Bonchev–Trinajstić information content (AvgIpc) is 2.25. The van der Waals surface area contributed by atoms with E-state index in [1.165, 1.54) is 12.1 Å². The third kappa shape index (κ3) is 2.54. The van der Waals surface area contributed by atoms with Crippen molar-refractivity contribution in [1.82, 2.24) is 0 Å². The van der Waals surface area contributed by atoms with Gasteiger partial charge in [-0.25, -0.2) is 0 Å². The highest BCUT2D eigenvalue weighted by molar-refractivity contribution is 5.58. The van der Waals surface area contributed by atoms with Crippen molar-refractivity contribution < 1.29 is 4.92 Å². The summed E-state index contributed by atoms with van der Waals surface area (Å²) in [6.07, 6.45) is 1.66. The highest BCUT2D eigenvalue weighted by Gasteiger charge is 2.13. The van der Waals surface area contributed by atoms with Gasteiger partial charge in [-0.15, -0.1) is 6.58 Å². The van der Waals surface area contributed by atoms with Gasteiger partial charge < -0.3 is 5.32 Å². The van der Waals surface area contributed by atoms with E-state index >= 15 is 0 Å². The number of anilines is 1. The van der Waals surface area contributed by atoms with Crippen LogP contribution in [0.3, 0.4) is 0 Å². The molecule has 0 heterocycles.